The third-order valence-electron chi connectivity index (χ3n) is 3.19. The molecule has 1 aromatic heterocycles. The molecule has 0 amide bonds. The predicted molar refractivity (Wildman–Crippen MR) is 71.9 cm³/mol. The van der Waals surface area contributed by atoms with Crippen molar-refractivity contribution in [2.45, 2.75) is 19.9 Å². The average molecular weight is 226 g/mol. The fourth-order valence-corrected chi connectivity index (χ4v) is 1.88. The monoisotopic (exact) mass is 226 g/mol. The second kappa shape index (κ2) is 5.11. The molecule has 1 aromatic carbocycles. The molecule has 0 radical (unpaired) electrons. The number of hydrogen-bond acceptors (Lipinski definition) is 2. The summed E-state index contributed by atoms with van der Waals surface area (Å²) >= 11 is 0. The van der Waals surface area contributed by atoms with Crippen LogP contribution in [0.4, 0.5) is 0 Å². The Morgan fingerprint density at radius 2 is 1.82 bits per heavy atom. The topological polar surface area (TPSA) is 24.9 Å². The number of hydrogen-bond donors (Lipinski definition) is 1. The molecule has 2 nitrogen and oxygen atoms in total. The van der Waals surface area contributed by atoms with Crippen molar-refractivity contribution < 1.29 is 0 Å². The zero-order valence-electron chi connectivity index (χ0n) is 10.6. The summed E-state index contributed by atoms with van der Waals surface area (Å²) in [5.41, 5.74) is 4.99. The molecule has 2 aromatic rings. The fraction of sp³-hybridized carbons (Fsp3) is 0.267. The lowest BCUT2D eigenvalue weighted by Crippen LogP contribution is -2.11. The van der Waals surface area contributed by atoms with Gasteiger partial charge in [-0.25, -0.2) is 0 Å². The Labute approximate surface area is 103 Å². The fourth-order valence-electron chi connectivity index (χ4n) is 1.88. The van der Waals surface area contributed by atoms with Crippen LogP contribution in [0.15, 0.2) is 42.7 Å². The van der Waals surface area contributed by atoms with E-state index in [0.29, 0.717) is 6.04 Å². The minimum absolute atomic E-state index is 0.388. The molecule has 1 atom stereocenters. The van der Waals surface area contributed by atoms with Crippen molar-refractivity contribution in [3.8, 4) is 11.1 Å². The van der Waals surface area contributed by atoms with Crippen LogP contribution in [-0.2, 0) is 0 Å². The molecule has 0 aliphatic carbocycles. The molecule has 0 saturated carbocycles. The molecular formula is C15H18N2. The van der Waals surface area contributed by atoms with Crippen molar-refractivity contribution in [2.75, 3.05) is 7.05 Å². The lowest BCUT2D eigenvalue weighted by molar-refractivity contribution is 0.652. The highest BCUT2D eigenvalue weighted by Crippen LogP contribution is 2.23. The normalized spacial score (nSPS) is 12.4. The molecule has 0 aliphatic heterocycles. The molecular weight excluding hydrogens is 208 g/mol. The lowest BCUT2D eigenvalue weighted by atomic mass is 10.00. The van der Waals surface area contributed by atoms with Crippen LogP contribution in [0.1, 0.15) is 24.1 Å². The largest absolute Gasteiger partial charge is 0.313 e. The van der Waals surface area contributed by atoms with Gasteiger partial charge in [0.15, 0.2) is 0 Å². The molecule has 1 N–H and O–H groups in total. The highest BCUT2D eigenvalue weighted by Gasteiger charge is 2.04. The molecule has 1 heterocycles. The van der Waals surface area contributed by atoms with Crippen molar-refractivity contribution in [1.29, 1.82) is 0 Å². The minimum Gasteiger partial charge on any atom is -0.313 e. The van der Waals surface area contributed by atoms with Gasteiger partial charge < -0.3 is 5.32 Å². The van der Waals surface area contributed by atoms with Crippen LogP contribution in [0.25, 0.3) is 11.1 Å². The van der Waals surface area contributed by atoms with Gasteiger partial charge in [0, 0.05) is 24.0 Å². The summed E-state index contributed by atoms with van der Waals surface area (Å²) in [6.45, 7) is 4.27. The molecule has 1 unspecified atom stereocenters. The van der Waals surface area contributed by atoms with Crippen molar-refractivity contribution >= 4 is 0 Å². The van der Waals surface area contributed by atoms with E-state index in [0.717, 1.165) is 0 Å². The van der Waals surface area contributed by atoms with Crippen LogP contribution in [0.3, 0.4) is 0 Å². The van der Waals surface area contributed by atoms with Crippen molar-refractivity contribution in [1.82, 2.24) is 10.3 Å². The molecule has 2 rings (SSSR count). The number of aromatic nitrogens is 1. The zero-order valence-corrected chi connectivity index (χ0v) is 10.6. The summed E-state index contributed by atoms with van der Waals surface area (Å²) in [7, 11) is 1.98. The maximum atomic E-state index is 4.18. The molecule has 88 valence electrons. The Bertz CT molecular complexity index is 489. The standard InChI is InChI=1S/C15H18N2/c1-11-8-9-17-10-15(11)14-6-4-13(5-7-14)12(2)16-3/h4-10,12,16H,1-3H3. The number of benzene rings is 1. The van der Waals surface area contributed by atoms with E-state index in [2.05, 4.69) is 48.4 Å². The second-order valence-electron chi connectivity index (χ2n) is 4.32. The first-order chi connectivity index (χ1) is 8.22. The smallest absolute Gasteiger partial charge is 0.0349 e. The van der Waals surface area contributed by atoms with Crippen LogP contribution in [-0.4, -0.2) is 12.0 Å². The molecule has 2 heteroatoms. The summed E-state index contributed by atoms with van der Waals surface area (Å²) < 4.78 is 0. The number of nitrogens with zero attached hydrogens (tertiary/aromatic N) is 1. The van der Waals surface area contributed by atoms with Crippen LogP contribution in [0.5, 0.6) is 0 Å². The molecule has 17 heavy (non-hydrogen) atoms. The summed E-state index contributed by atoms with van der Waals surface area (Å²) in [5.74, 6) is 0. The van der Waals surface area contributed by atoms with E-state index in [1.165, 1.54) is 22.3 Å². The summed E-state index contributed by atoms with van der Waals surface area (Å²) in [5, 5.41) is 3.24. The molecule has 0 aliphatic rings. The van der Waals surface area contributed by atoms with Gasteiger partial charge in [0.25, 0.3) is 0 Å². The van der Waals surface area contributed by atoms with Gasteiger partial charge in [-0.05, 0) is 43.7 Å². The number of nitrogens with one attached hydrogen (secondary N) is 1. The van der Waals surface area contributed by atoms with E-state index in [-0.39, 0.29) is 0 Å². The van der Waals surface area contributed by atoms with E-state index >= 15 is 0 Å². The van der Waals surface area contributed by atoms with Crippen LogP contribution in [0.2, 0.25) is 0 Å². The average Bonchev–Trinajstić information content (AvgIpc) is 2.39. The van der Waals surface area contributed by atoms with Gasteiger partial charge in [0.2, 0.25) is 0 Å². The second-order valence-corrected chi connectivity index (χ2v) is 4.32. The summed E-state index contributed by atoms with van der Waals surface area (Å²) in [6.07, 6.45) is 3.75. The van der Waals surface area contributed by atoms with Crippen LogP contribution >= 0.6 is 0 Å². The third-order valence-corrected chi connectivity index (χ3v) is 3.19. The SMILES string of the molecule is CNC(C)c1ccc(-c2cnccc2C)cc1. The van der Waals surface area contributed by atoms with Crippen LogP contribution < -0.4 is 5.32 Å². The van der Waals surface area contributed by atoms with Crippen LogP contribution in [0, 0.1) is 6.92 Å². The van der Waals surface area contributed by atoms with E-state index < -0.39 is 0 Å². The number of pyridine rings is 1. The first-order valence-electron chi connectivity index (χ1n) is 5.90. The first-order valence-corrected chi connectivity index (χ1v) is 5.90. The van der Waals surface area contributed by atoms with Crippen molar-refractivity contribution in [3.05, 3.63) is 53.9 Å². The van der Waals surface area contributed by atoms with Gasteiger partial charge in [-0.2, -0.15) is 0 Å². The van der Waals surface area contributed by atoms with Crippen molar-refractivity contribution in [3.63, 3.8) is 0 Å². The van der Waals surface area contributed by atoms with Gasteiger partial charge in [-0.1, -0.05) is 24.3 Å². The highest BCUT2D eigenvalue weighted by atomic mass is 14.8. The predicted octanol–water partition coefficient (Wildman–Crippen LogP) is 3.34. The number of rotatable bonds is 3. The molecule has 0 fully saturated rings. The van der Waals surface area contributed by atoms with E-state index in [1.54, 1.807) is 0 Å². The molecule has 0 spiro atoms. The third kappa shape index (κ3) is 2.53. The van der Waals surface area contributed by atoms with Crippen molar-refractivity contribution in [2.24, 2.45) is 0 Å². The Hall–Kier alpha value is -1.67. The Balaban J connectivity index is 2.33. The lowest BCUT2D eigenvalue weighted by Gasteiger charge is -2.11. The summed E-state index contributed by atoms with van der Waals surface area (Å²) in [6, 6.07) is 11.1. The van der Waals surface area contributed by atoms with E-state index in [1.807, 2.05) is 25.5 Å². The van der Waals surface area contributed by atoms with Gasteiger partial charge in [0.05, 0.1) is 0 Å². The van der Waals surface area contributed by atoms with E-state index in [4.69, 9.17) is 0 Å². The molecule has 0 bridgehead atoms. The molecule has 0 saturated heterocycles. The Morgan fingerprint density at radius 3 is 2.41 bits per heavy atom. The Kier molecular flexibility index (Phi) is 3.55. The van der Waals surface area contributed by atoms with Gasteiger partial charge in [-0.3, -0.25) is 4.98 Å². The summed E-state index contributed by atoms with van der Waals surface area (Å²) in [4.78, 5) is 4.18. The van der Waals surface area contributed by atoms with Gasteiger partial charge >= 0.3 is 0 Å². The minimum atomic E-state index is 0.388. The maximum Gasteiger partial charge on any atom is 0.0349 e. The Morgan fingerprint density at radius 1 is 1.12 bits per heavy atom. The highest BCUT2D eigenvalue weighted by molar-refractivity contribution is 5.66. The van der Waals surface area contributed by atoms with Gasteiger partial charge in [0.1, 0.15) is 0 Å². The number of aryl methyl sites for hydroxylation is 1. The maximum absolute atomic E-state index is 4.18. The quantitative estimate of drug-likeness (QED) is 0.868. The van der Waals surface area contributed by atoms with E-state index in [9.17, 15) is 0 Å². The zero-order chi connectivity index (χ0) is 12.3. The van der Waals surface area contributed by atoms with Gasteiger partial charge in [-0.15, -0.1) is 0 Å². The first kappa shape index (κ1) is 11.8.